The summed E-state index contributed by atoms with van der Waals surface area (Å²) in [5.74, 6) is 0.0640. The third-order valence-corrected chi connectivity index (χ3v) is 3.49. The molecule has 1 aliphatic carbocycles. The summed E-state index contributed by atoms with van der Waals surface area (Å²) in [5.41, 5.74) is 7.03. The molecule has 0 bridgehead atoms. The Balaban J connectivity index is 2.19. The Bertz CT molecular complexity index is 436. The largest absolute Gasteiger partial charge is 0.399 e. The van der Waals surface area contributed by atoms with Crippen LogP contribution in [0.2, 0.25) is 0 Å². The summed E-state index contributed by atoms with van der Waals surface area (Å²) >= 11 is 0. The molecule has 1 fully saturated rings. The molecule has 0 atom stereocenters. The van der Waals surface area contributed by atoms with Crippen molar-refractivity contribution < 1.29 is 4.79 Å². The number of carbonyl (C=O) groups excluding carboxylic acids is 1. The number of rotatable bonds is 4. The summed E-state index contributed by atoms with van der Waals surface area (Å²) in [6, 6.07) is 7.54. The molecule has 0 unspecified atom stereocenters. The Morgan fingerprint density at radius 3 is 2.78 bits per heavy atom. The molecular weight excluding hydrogens is 224 g/mol. The molecule has 2 rings (SSSR count). The summed E-state index contributed by atoms with van der Waals surface area (Å²) in [6.07, 6.45) is 6.41. The number of carbonyl (C=O) groups is 1. The average molecular weight is 244 g/mol. The van der Waals surface area contributed by atoms with Crippen LogP contribution in [0.5, 0.6) is 0 Å². The lowest BCUT2D eigenvalue weighted by atomic mass is 10.1. The molecule has 1 aromatic carbocycles. The van der Waals surface area contributed by atoms with Crippen molar-refractivity contribution in [2.45, 2.75) is 31.7 Å². The Kier molecular flexibility index (Phi) is 4.03. The number of nitrogens with two attached hydrogens (primary N) is 1. The van der Waals surface area contributed by atoms with E-state index in [-0.39, 0.29) is 5.91 Å². The van der Waals surface area contributed by atoms with Crippen molar-refractivity contribution in [3.8, 4) is 0 Å². The Morgan fingerprint density at radius 1 is 1.44 bits per heavy atom. The molecule has 1 aromatic rings. The topological polar surface area (TPSA) is 46.3 Å². The molecule has 0 aromatic heterocycles. The van der Waals surface area contributed by atoms with Crippen molar-refractivity contribution in [2.24, 2.45) is 0 Å². The first kappa shape index (κ1) is 12.7. The quantitative estimate of drug-likeness (QED) is 0.654. The molecule has 0 saturated heterocycles. The highest BCUT2D eigenvalue weighted by molar-refractivity contribution is 5.95. The third kappa shape index (κ3) is 2.73. The Hall–Kier alpha value is -1.77. The molecule has 1 saturated carbocycles. The third-order valence-electron chi connectivity index (χ3n) is 3.49. The van der Waals surface area contributed by atoms with Crippen LogP contribution < -0.4 is 5.73 Å². The van der Waals surface area contributed by atoms with Crippen LogP contribution in [0.1, 0.15) is 36.0 Å². The number of anilines is 1. The minimum Gasteiger partial charge on any atom is -0.399 e. The summed E-state index contributed by atoms with van der Waals surface area (Å²) in [4.78, 5) is 14.4. The highest BCUT2D eigenvalue weighted by Crippen LogP contribution is 2.25. The van der Waals surface area contributed by atoms with Gasteiger partial charge in [-0.05, 0) is 31.0 Å². The first-order chi connectivity index (χ1) is 8.72. The van der Waals surface area contributed by atoms with Crippen LogP contribution >= 0.6 is 0 Å². The minimum atomic E-state index is 0.0640. The van der Waals surface area contributed by atoms with E-state index in [1.807, 2.05) is 17.0 Å². The van der Waals surface area contributed by atoms with Crippen molar-refractivity contribution in [2.75, 3.05) is 12.3 Å². The van der Waals surface area contributed by atoms with Crippen molar-refractivity contribution in [1.29, 1.82) is 0 Å². The molecule has 0 spiro atoms. The maximum Gasteiger partial charge on any atom is 0.254 e. The molecule has 0 radical (unpaired) electrons. The first-order valence-corrected chi connectivity index (χ1v) is 6.50. The monoisotopic (exact) mass is 244 g/mol. The van der Waals surface area contributed by atoms with Crippen molar-refractivity contribution in [3.05, 3.63) is 42.5 Å². The molecular formula is C15H20N2O. The zero-order chi connectivity index (χ0) is 13.0. The van der Waals surface area contributed by atoms with Gasteiger partial charge < -0.3 is 10.6 Å². The lowest BCUT2D eigenvalue weighted by Crippen LogP contribution is -2.38. The molecule has 2 N–H and O–H groups in total. The average Bonchev–Trinajstić information content (AvgIpc) is 2.89. The van der Waals surface area contributed by atoms with Gasteiger partial charge in [0, 0.05) is 23.8 Å². The number of nitrogen functional groups attached to an aromatic ring is 1. The highest BCUT2D eigenvalue weighted by atomic mass is 16.2. The van der Waals surface area contributed by atoms with E-state index in [0.717, 1.165) is 12.8 Å². The van der Waals surface area contributed by atoms with Gasteiger partial charge in [-0.15, -0.1) is 6.58 Å². The standard InChI is InChI=1S/C15H20N2O/c1-2-10-17(14-8-3-4-9-14)15(18)12-6-5-7-13(16)11-12/h2,5-7,11,14H,1,3-4,8-10,16H2. The van der Waals surface area contributed by atoms with Crippen LogP contribution in [0.25, 0.3) is 0 Å². The molecule has 18 heavy (non-hydrogen) atoms. The second kappa shape index (κ2) is 5.71. The van der Waals surface area contributed by atoms with E-state index in [9.17, 15) is 4.79 Å². The summed E-state index contributed by atoms with van der Waals surface area (Å²) < 4.78 is 0. The van der Waals surface area contributed by atoms with Crippen LogP contribution in [0.15, 0.2) is 36.9 Å². The van der Waals surface area contributed by atoms with E-state index < -0.39 is 0 Å². The number of hydrogen-bond acceptors (Lipinski definition) is 2. The van der Waals surface area contributed by atoms with Crippen molar-refractivity contribution in [3.63, 3.8) is 0 Å². The number of amides is 1. The van der Waals surface area contributed by atoms with Gasteiger partial charge in [0.05, 0.1) is 0 Å². The maximum atomic E-state index is 12.5. The van der Waals surface area contributed by atoms with Gasteiger partial charge in [-0.3, -0.25) is 4.79 Å². The molecule has 3 heteroatoms. The lowest BCUT2D eigenvalue weighted by molar-refractivity contribution is 0.0706. The second-order valence-corrected chi connectivity index (χ2v) is 4.81. The molecule has 96 valence electrons. The van der Waals surface area contributed by atoms with E-state index in [2.05, 4.69) is 6.58 Å². The fraction of sp³-hybridized carbons (Fsp3) is 0.400. The lowest BCUT2D eigenvalue weighted by Gasteiger charge is -2.28. The van der Waals surface area contributed by atoms with Crippen molar-refractivity contribution >= 4 is 11.6 Å². The molecule has 0 heterocycles. The molecule has 1 aliphatic rings. The predicted octanol–water partition coefficient (Wildman–Crippen LogP) is 2.84. The summed E-state index contributed by atoms with van der Waals surface area (Å²) in [6.45, 7) is 4.36. The van der Waals surface area contributed by atoms with Gasteiger partial charge in [0.15, 0.2) is 0 Å². The van der Waals surface area contributed by atoms with Gasteiger partial charge >= 0.3 is 0 Å². The summed E-state index contributed by atoms with van der Waals surface area (Å²) in [7, 11) is 0. The second-order valence-electron chi connectivity index (χ2n) is 4.81. The smallest absolute Gasteiger partial charge is 0.254 e. The number of hydrogen-bond donors (Lipinski definition) is 1. The van der Waals surface area contributed by atoms with Gasteiger partial charge in [0.25, 0.3) is 5.91 Å². The van der Waals surface area contributed by atoms with E-state index in [1.54, 1.807) is 18.2 Å². The molecule has 3 nitrogen and oxygen atoms in total. The van der Waals surface area contributed by atoms with Crippen LogP contribution in [0.4, 0.5) is 5.69 Å². The first-order valence-electron chi connectivity index (χ1n) is 6.50. The van der Waals surface area contributed by atoms with Crippen LogP contribution in [-0.2, 0) is 0 Å². The van der Waals surface area contributed by atoms with E-state index in [1.165, 1.54) is 12.8 Å². The van der Waals surface area contributed by atoms with Gasteiger partial charge in [0.1, 0.15) is 0 Å². The zero-order valence-corrected chi connectivity index (χ0v) is 10.6. The Morgan fingerprint density at radius 2 is 2.17 bits per heavy atom. The highest BCUT2D eigenvalue weighted by Gasteiger charge is 2.26. The fourth-order valence-corrected chi connectivity index (χ4v) is 2.59. The van der Waals surface area contributed by atoms with E-state index in [0.29, 0.717) is 23.8 Å². The van der Waals surface area contributed by atoms with Gasteiger partial charge in [-0.2, -0.15) is 0 Å². The normalized spacial score (nSPS) is 15.6. The predicted molar refractivity (Wildman–Crippen MR) is 74.3 cm³/mol. The van der Waals surface area contributed by atoms with Gasteiger partial charge in [0.2, 0.25) is 0 Å². The van der Waals surface area contributed by atoms with Gasteiger partial charge in [-0.25, -0.2) is 0 Å². The van der Waals surface area contributed by atoms with E-state index in [4.69, 9.17) is 5.73 Å². The van der Waals surface area contributed by atoms with Crippen LogP contribution in [0, 0.1) is 0 Å². The fourth-order valence-electron chi connectivity index (χ4n) is 2.59. The SMILES string of the molecule is C=CCN(C(=O)c1cccc(N)c1)C1CCCC1. The molecule has 1 amide bonds. The minimum absolute atomic E-state index is 0.0640. The van der Waals surface area contributed by atoms with Gasteiger partial charge in [-0.1, -0.05) is 25.0 Å². The Labute approximate surface area is 108 Å². The van der Waals surface area contributed by atoms with Crippen LogP contribution in [0.3, 0.4) is 0 Å². The molecule has 0 aliphatic heterocycles. The zero-order valence-electron chi connectivity index (χ0n) is 10.6. The van der Waals surface area contributed by atoms with E-state index >= 15 is 0 Å². The van der Waals surface area contributed by atoms with Crippen molar-refractivity contribution in [1.82, 2.24) is 4.90 Å². The number of nitrogens with zero attached hydrogens (tertiary/aromatic N) is 1. The van der Waals surface area contributed by atoms with Crippen LogP contribution in [-0.4, -0.2) is 23.4 Å². The number of benzene rings is 1. The maximum absolute atomic E-state index is 12.5. The summed E-state index contributed by atoms with van der Waals surface area (Å²) in [5, 5.41) is 0.